The zero-order valence-electron chi connectivity index (χ0n) is 23.1. The molecule has 0 aromatic carbocycles. The maximum atomic E-state index is 12.8. The van der Waals surface area contributed by atoms with Gasteiger partial charge in [0.15, 0.2) is 18.2 Å². The van der Waals surface area contributed by atoms with Gasteiger partial charge in [-0.1, -0.05) is 6.92 Å². The van der Waals surface area contributed by atoms with E-state index in [4.69, 9.17) is 36.1 Å². The van der Waals surface area contributed by atoms with Gasteiger partial charge in [-0.2, -0.15) is 0 Å². The number of nitrogens with two attached hydrogens (primary N) is 3. The van der Waals surface area contributed by atoms with Crippen molar-refractivity contribution in [3.63, 3.8) is 0 Å². The Morgan fingerprint density at radius 3 is 2.07 bits per heavy atom. The highest BCUT2D eigenvalue weighted by atomic mass is 16.7. The second-order valence-electron chi connectivity index (χ2n) is 11.5. The van der Waals surface area contributed by atoms with Crippen molar-refractivity contribution in [1.29, 1.82) is 0 Å². The van der Waals surface area contributed by atoms with Gasteiger partial charge in [0, 0.05) is 25.0 Å². The molecule has 0 aromatic heterocycles. The van der Waals surface area contributed by atoms with E-state index >= 15 is 0 Å². The lowest BCUT2D eigenvalue weighted by atomic mass is 9.83. The van der Waals surface area contributed by atoms with Crippen molar-refractivity contribution in [3.05, 3.63) is 0 Å². The van der Waals surface area contributed by atoms with Crippen molar-refractivity contribution in [1.82, 2.24) is 10.6 Å². The maximum absolute atomic E-state index is 12.8. The molecule has 0 spiro atoms. The van der Waals surface area contributed by atoms with Crippen LogP contribution < -0.4 is 27.8 Å². The van der Waals surface area contributed by atoms with Crippen LogP contribution in [0, 0.1) is 0 Å². The van der Waals surface area contributed by atoms with Crippen molar-refractivity contribution >= 4 is 5.91 Å². The molecule has 17 atom stereocenters. The Morgan fingerprint density at radius 1 is 0.881 bits per heavy atom. The van der Waals surface area contributed by atoms with Gasteiger partial charge in [-0.25, -0.2) is 0 Å². The van der Waals surface area contributed by atoms with E-state index in [0.29, 0.717) is 6.54 Å². The molecule has 18 nitrogen and oxygen atoms in total. The zero-order valence-corrected chi connectivity index (χ0v) is 23.1. The summed E-state index contributed by atoms with van der Waals surface area (Å²) in [5.74, 6) is -0.841. The lowest BCUT2D eigenvalue weighted by Crippen LogP contribution is -2.69. The second-order valence-corrected chi connectivity index (χ2v) is 11.5. The van der Waals surface area contributed by atoms with Crippen LogP contribution in [0.1, 0.15) is 19.8 Å². The van der Waals surface area contributed by atoms with E-state index in [9.17, 15) is 45.6 Å². The molecule has 4 rings (SSSR count). The summed E-state index contributed by atoms with van der Waals surface area (Å²) in [5.41, 5.74) is 16.1. The molecule has 18 heteroatoms. The number of aliphatic hydroxyl groups excluding tert-OH is 7. The van der Waals surface area contributed by atoms with Crippen LogP contribution in [-0.2, 0) is 23.7 Å². The van der Waals surface area contributed by atoms with E-state index in [2.05, 4.69) is 10.6 Å². The molecule has 1 amide bonds. The number of carbonyl (C=O) groups is 1. The Kier molecular flexibility index (Phi) is 10.8. The van der Waals surface area contributed by atoms with Gasteiger partial charge in [0.1, 0.15) is 61.0 Å². The first-order valence-electron chi connectivity index (χ1n) is 14.1. The Hall–Kier alpha value is -1.17. The molecule has 2 aliphatic heterocycles. The number of ether oxygens (including phenoxy) is 4. The van der Waals surface area contributed by atoms with Gasteiger partial charge >= 0.3 is 0 Å². The van der Waals surface area contributed by atoms with Crippen LogP contribution >= 0.6 is 0 Å². The van der Waals surface area contributed by atoms with E-state index in [0.717, 1.165) is 0 Å². The fourth-order valence-electron chi connectivity index (χ4n) is 5.59. The number of rotatable bonds is 10. The first-order valence-corrected chi connectivity index (χ1v) is 14.1. The Morgan fingerprint density at radius 2 is 1.48 bits per heavy atom. The number of hydrogen-bond donors (Lipinski definition) is 13. The summed E-state index contributed by atoms with van der Waals surface area (Å²) < 4.78 is 22.9. The molecule has 4 aliphatic rings. The summed E-state index contributed by atoms with van der Waals surface area (Å²) in [6.45, 7) is 1.79. The number of hydrogen-bond acceptors (Lipinski definition) is 17. The fourth-order valence-corrected chi connectivity index (χ4v) is 5.59. The highest BCUT2D eigenvalue weighted by Crippen LogP contribution is 2.36. The van der Waals surface area contributed by atoms with Crippen molar-refractivity contribution in [2.24, 2.45) is 17.2 Å². The van der Waals surface area contributed by atoms with Gasteiger partial charge in [-0.15, -0.1) is 0 Å². The molecule has 2 heterocycles. The van der Waals surface area contributed by atoms with Gasteiger partial charge in [0.05, 0.1) is 18.7 Å². The molecule has 2 aliphatic carbocycles. The largest absolute Gasteiger partial charge is 0.394 e. The minimum Gasteiger partial charge on any atom is -0.394 e. The van der Waals surface area contributed by atoms with Crippen LogP contribution in [0.25, 0.3) is 0 Å². The zero-order chi connectivity index (χ0) is 31.1. The molecule has 0 bridgehead atoms. The lowest BCUT2D eigenvalue weighted by Gasteiger charge is -2.49. The summed E-state index contributed by atoms with van der Waals surface area (Å²) in [5, 5.41) is 89.1. The van der Waals surface area contributed by atoms with Crippen LogP contribution in [0.5, 0.6) is 0 Å². The normalized spacial score (nSPS) is 51.2. The number of nitrogens with one attached hydrogen (secondary N) is 2. The number of amides is 1. The summed E-state index contributed by atoms with van der Waals surface area (Å²) in [4.78, 5) is 12.8. The van der Waals surface area contributed by atoms with Gasteiger partial charge in [0.2, 0.25) is 0 Å². The third-order valence-electron chi connectivity index (χ3n) is 8.50. The highest BCUT2D eigenvalue weighted by molar-refractivity contribution is 5.89. The molecular weight excluding hydrogens is 566 g/mol. The molecular formula is C24H45N5O13. The Bertz CT molecular complexity index is 924. The van der Waals surface area contributed by atoms with Gasteiger partial charge in [-0.3, -0.25) is 4.79 Å². The number of likely N-dealkylation sites (N-methyl/N-ethyl adjacent to an activating group) is 1. The SMILES string of the molecule is CCNC[C@H]1O[C@H](OC2[C@@H](N)C[C@@H](NC(=O)C3(O)CC3N)[C@H](O[C@H]3O[C@H](CO)[C@@H](O)[C@H](N)[C@H]3O)[C@H]2O)[C@H](O)[C@@H](O)[C@@H]1O. The Labute approximate surface area is 241 Å². The van der Waals surface area contributed by atoms with Crippen molar-refractivity contribution in [3.8, 4) is 0 Å². The van der Waals surface area contributed by atoms with Gasteiger partial charge < -0.3 is 87.6 Å². The van der Waals surface area contributed by atoms with Crippen LogP contribution in [0.15, 0.2) is 0 Å². The number of aliphatic hydroxyl groups is 8. The molecule has 3 unspecified atom stereocenters. The predicted octanol–water partition coefficient (Wildman–Crippen LogP) is -8.02. The first kappa shape index (κ1) is 33.7. The van der Waals surface area contributed by atoms with Crippen molar-refractivity contribution in [2.75, 3.05) is 19.7 Å². The van der Waals surface area contributed by atoms with Crippen molar-refractivity contribution in [2.45, 2.75) is 123 Å². The predicted molar refractivity (Wildman–Crippen MR) is 139 cm³/mol. The molecule has 0 radical (unpaired) electrons. The summed E-state index contributed by atoms with van der Waals surface area (Å²) in [7, 11) is 0. The van der Waals surface area contributed by atoms with E-state index in [1.807, 2.05) is 6.92 Å². The number of carbonyl (C=O) groups excluding carboxylic acids is 1. The summed E-state index contributed by atoms with van der Waals surface area (Å²) >= 11 is 0. The van der Waals surface area contributed by atoms with Crippen LogP contribution in [0.3, 0.4) is 0 Å². The van der Waals surface area contributed by atoms with Crippen molar-refractivity contribution < 1.29 is 64.6 Å². The quantitative estimate of drug-likeness (QED) is 0.109. The van der Waals surface area contributed by atoms with Gasteiger partial charge in [0.25, 0.3) is 5.91 Å². The monoisotopic (exact) mass is 611 g/mol. The Balaban J connectivity index is 1.55. The first-order chi connectivity index (χ1) is 19.7. The second kappa shape index (κ2) is 13.4. The minimum absolute atomic E-state index is 0.00589. The molecule has 4 fully saturated rings. The average Bonchev–Trinajstić information content (AvgIpc) is 3.59. The minimum atomic E-state index is -1.83. The van der Waals surface area contributed by atoms with E-state index < -0.39 is 116 Å². The van der Waals surface area contributed by atoms with E-state index in [1.165, 1.54) is 0 Å². The topological polar surface area (TPSA) is 318 Å². The smallest absolute Gasteiger partial charge is 0.253 e. The molecule has 2 saturated carbocycles. The fraction of sp³-hybridized carbons (Fsp3) is 0.958. The molecule has 0 aromatic rings. The maximum Gasteiger partial charge on any atom is 0.253 e. The molecule has 244 valence electrons. The molecule has 2 saturated heterocycles. The third-order valence-corrected chi connectivity index (χ3v) is 8.50. The lowest BCUT2D eigenvalue weighted by molar-refractivity contribution is -0.333. The summed E-state index contributed by atoms with van der Waals surface area (Å²) in [6, 6.07) is -4.24. The third kappa shape index (κ3) is 6.59. The van der Waals surface area contributed by atoms with Gasteiger partial charge in [-0.05, 0) is 13.0 Å². The standard InChI is InChI=1S/C24H45N5O13/c1-2-28-5-9-14(32)16(34)17(35)22(39-9)41-19-7(25)3-8(29-23(37)24(38)4-11(24)26)20(18(19)36)42-21-15(33)12(27)13(31)10(6-30)40-21/h7-22,28,30-36,38H,2-6,25-27H2,1H3,(H,29,37)/t7-,8+,9+,10+,11?,12-,13+,14+,15+,16-,17+,18-,19?,20-,21+,22+,24?/m0/s1. The van der Waals surface area contributed by atoms with Crippen LogP contribution in [-0.4, -0.2) is 170 Å². The molecule has 42 heavy (non-hydrogen) atoms. The van der Waals surface area contributed by atoms with Crippen LogP contribution in [0.4, 0.5) is 0 Å². The average molecular weight is 612 g/mol. The van der Waals surface area contributed by atoms with E-state index in [-0.39, 0.29) is 19.4 Å². The highest BCUT2D eigenvalue weighted by Gasteiger charge is 2.59. The summed E-state index contributed by atoms with van der Waals surface area (Å²) in [6.07, 6.45) is -17.9. The molecule has 16 N–H and O–H groups in total. The van der Waals surface area contributed by atoms with Crippen LogP contribution in [0.2, 0.25) is 0 Å². The van der Waals surface area contributed by atoms with E-state index in [1.54, 1.807) is 0 Å².